The van der Waals surface area contributed by atoms with Crippen molar-refractivity contribution in [1.82, 2.24) is 0 Å². The third kappa shape index (κ3) is 22.6. The van der Waals surface area contributed by atoms with E-state index in [1.807, 2.05) is 13.8 Å². The summed E-state index contributed by atoms with van der Waals surface area (Å²) in [6.45, 7) is 8.36. The standard InChI is InChI=1S/C6H14O2.C4H10O2/c1-3-7-5-6-8-4-2;1-5-3-4-6-2/h3-6H2,1-2H3;3-4H2,1-2H3. The van der Waals surface area contributed by atoms with Crippen molar-refractivity contribution in [3.05, 3.63) is 0 Å². The van der Waals surface area contributed by atoms with Gasteiger partial charge in [0.05, 0.1) is 26.4 Å². The number of hydrogen-bond donors (Lipinski definition) is 0. The van der Waals surface area contributed by atoms with Crippen LogP contribution in [0.1, 0.15) is 13.8 Å². The van der Waals surface area contributed by atoms with E-state index in [4.69, 9.17) is 9.47 Å². The SMILES string of the molecule is CCOCCOCC.COCCOC. The average Bonchev–Trinajstić information content (AvgIpc) is 2.22. The van der Waals surface area contributed by atoms with Crippen molar-refractivity contribution < 1.29 is 18.9 Å². The van der Waals surface area contributed by atoms with Crippen molar-refractivity contribution in [3.8, 4) is 0 Å². The zero-order valence-corrected chi connectivity index (χ0v) is 9.88. The van der Waals surface area contributed by atoms with Crippen LogP contribution in [0.15, 0.2) is 0 Å². The lowest BCUT2D eigenvalue weighted by atomic mass is 10.7. The van der Waals surface area contributed by atoms with Crippen molar-refractivity contribution >= 4 is 0 Å². The highest BCUT2D eigenvalue weighted by Crippen LogP contribution is 1.75. The lowest BCUT2D eigenvalue weighted by molar-refractivity contribution is 0.0584. The van der Waals surface area contributed by atoms with E-state index in [1.54, 1.807) is 14.2 Å². The minimum Gasteiger partial charge on any atom is -0.382 e. The van der Waals surface area contributed by atoms with Gasteiger partial charge in [0, 0.05) is 27.4 Å². The molecule has 0 rings (SSSR count). The summed E-state index contributed by atoms with van der Waals surface area (Å²) in [5.41, 5.74) is 0. The molecule has 0 spiro atoms. The van der Waals surface area contributed by atoms with Gasteiger partial charge in [0.15, 0.2) is 0 Å². The van der Waals surface area contributed by atoms with Crippen LogP contribution in [0.25, 0.3) is 0 Å². The van der Waals surface area contributed by atoms with Gasteiger partial charge in [-0.15, -0.1) is 0 Å². The van der Waals surface area contributed by atoms with Crippen LogP contribution in [-0.4, -0.2) is 53.9 Å². The van der Waals surface area contributed by atoms with Gasteiger partial charge in [-0.25, -0.2) is 0 Å². The molecule has 14 heavy (non-hydrogen) atoms. The Morgan fingerprint density at radius 2 is 1.00 bits per heavy atom. The van der Waals surface area contributed by atoms with E-state index in [1.165, 1.54) is 0 Å². The number of rotatable bonds is 8. The fourth-order valence-corrected chi connectivity index (χ4v) is 0.573. The molecular weight excluding hydrogens is 184 g/mol. The summed E-state index contributed by atoms with van der Waals surface area (Å²) < 4.78 is 19.3. The summed E-state index contributed by atoms with van der Waals surface area (Å²) in [5.74, 6) is 0. The van der Waals surface area contributed by atoms with Crippen molar-refractivity contribution in [3.63, 3.8) is 0 Å². The molecule has 0 aliphatic carbocycles. The van der Waals surface area contributed by atoms with Crippen molar-refractivity contribution in [1.29, 1.82) is 0 Å². The van der Waals surface area contributed by atoms with E-state index >= 15 is 0 Å². The second-order valence-corrected chi connectivity index (χ2v) is 2.38. The maximum absolute atomic E-state index is 5.01. The van der Waals surface area contributed by atoms with Gasteiger partial charge < -0.3 is 18.9 Å². The molecule has 0 aromatic rings. The van der Waals surface area contributed by atoms with Crippen LogP contribution in [0.2, 0.25) is 0 Å². The topological polar surface area (TPSA) is 36.9 Å². The second kappa shape index (κ2) is 18.6. The highest BCUT2D eigenvalue weighted by molar-refractivity contribution is 4.24. The van der Waals surface area contributed by atoms with Crippen LogP contribution in [0, 0.1) is 0 Å². The molecule has 0 aliphatic rings. The summed E-state index contributed by atoms with van der Waals surface area (Å²) in [7, 11) is 3.30. The van der Waals surface area contributed by atoms with Crippen molar-refractivity contribution in [2.24, 2.45) is 0 Å². The van der Waals surface area contributed by atoms with E-state index in [2.05, 4.69) is 9.47 Å². The monoisotopic (exact) mass is 208 g/mol. The van der Waals surface area contributed by atoms with Crippen LogP contribution in [0.5, 0.6) is 0 Å². The molecule has 88 valence electrons. The zero-order chi connectivity index (χ0) is 11.1. The van der Waals surface area contributed by atoms with Gasteiger partial charge in [-0.05, 0) is 13.8 Å². The molecule has 0 aromatic carbocycles. The largest absolute Gasteiger partial charge is 0.382 e. The van der Waals surface area contributed by atoms with Crippen LogP contribution < -0.4 is 0 Å². The molecule has 0 heterocycles. The van der Waals surface area contributed by atoms with E-state index in [-0.39, 0.29) is 0 Å². The summed E-state index contributed by atoms with van der Waals surface area (Å²) in [6.07, 6.45) is 0. The predicted molar refractivity (Wildman–Crippen MR) is 56.7 cm³/mol. The van der Waals surface area contributed by atoms with Crippen LogP contribution in [-0.2, 0) is 18.9 Å². The Kier molecular flexibility index (Phi) is 21.6. The van der Waals surface area contributed by atoms with Crippen molar-refractivity contribution in [2.45, 2.75) is 13.8 Å². The van der Waals surface area contributed by atoms with Crippen LogP contribution in [0.4, 0.5) is 0 Å². The smallest absolute Gasteiger partial charge is 0.0700 e. The molecule has 0 fully saturated rings. The number of hydrogen-bond acceptors (Lipinski definition) is 4. The van der Waals surface area contributed by atoms with Crippen LogP contribution in [0.3, 0.4) is 0 Å². The molecule has 0 bridgehead atoms. The van der Waals surface area contributed by atoms with E-state index in [0.717, 1.165) is 26.4 Å². The first-order valence-electron chi connectivity index (χ1n) is 4.96. The average molecular weight is 208 g/mol. The molecule has 0 atom stereocenters. The normalized spacial score (nSPS) is 9.43. The maximum atomic E-state index is 5.01. The Morgan fingerprint density at radius 3 is 1.21 bits per heavy atom. The lowest BCUT2D eigenvalue weighted by Gasteiger charge is -1.99. The first-order valence-corrected chi connectivity index (χ1v) is 4.96. The third-order valence-electron chi connectivity index (χ3n) is 1.27. The van der Waals surface area contributed by atoms with Crippen molar-refractivity contribution in [2.75, 3.05) is 53.9 Å². The van der Waals surface area contributed by atoms with Gasteiger partial charge in [-0.1, -0.05) is 0 Å². The Labute approximate surface area is 87.5 Å². The molecule has 0 saturated carbocycles. The molecule has 0 amide bonds. The third-order valence-corrected chi connectivity index (χ3v) is 1.27. The van der Waals surface area contributed by atoms with E-state index < -0.39 is 0 Å². The fraction of sp³-hybridized carbons (Fsp3) is 1.00. The number of ether oxygens (including phenoxy) is 4. The quantitative estimate of drug-likeness (QED) is 0.564. The Morgan fingerprint density at radius 1 is 0.643 bits per heavy atom. The minimum absolute atomic E-state index is 0.691. The van der Waals surface area contributed by atoms with Gasteiger partial charge in [-0.3, -0.25) is 0 Å². The molecule has 4 heteroatoms. The highest BCUT2D eigenvalue weighted by Gasteiger charge is 1.81. The van der Waals surface area contributed by atoms with E-state index in [0.29, 0.717) is 13.2 Å². The van der Waals surface area contributed by atoms with Gasteiger partial charge >= 0.3 is 0 Å². The van der Waals surface area contributed by atoms with Crippen LogP contribution >= 0.6 is 0 Å². The summed E-state index contributed by atoms with van der Waals surface area (Å²) in [4.78, 5) is 0. The molecule has 0 N–H and O–H groups in total. The lowest BCUT2D eigenvalue weighted by Crippen LogP contribution is -2.02. The number of methoxy groups -OCH3 is 2. The highest BCUT2D eigenvalue weighted by atomic mass is 16.5. The maximum Gasteiger partial charge on any atom is 0.0700 e. The molecule has 0 unspecified atom stereocenters. The Balaban J connectivity index is 0. The van der Waals surface area contributed by atoms with Gasteiger partial charge in [0.2, 0.25) is 0 Å². The summed E-state index contributed by atoms with van der Waals surface area (Å²) >= 11 is 0. The second-order valence-electron chi connectivity index (χ2n) is 2.38. The first-order chi connectivity index (χ1) is 6.83. The van der Waals surface area contributed by atoms with E-state index in [9.17, 15) is 0 Å². The first kappa shape index (κ1) is 16.3. The Bertz CT molecular complexity index is 68.5. The minimum atomic E-state index is 0.691. The molecule has 0 saturated heterocycles. The zero-order valence-electron chi connectivity index (χ0n) is 9.88. The molecule has 0 radical (unpaired) electrons. The van der Waals surface area contributed by atoms with Gasteiger partial charge in [-0.2, -0.15) is 0 Å². The molecule has 4 nitrogen and oxygen atoms in total. The van der Waals surface area contributed by atoms with Gasteiger partial charge in [0.25, 0.3) is 0 Å². The Hall–Kier alpha value is -0.160. The molecule has 0 aliphatic heterocycles. The van der Waals surface area contributed by atoms with Gasteiger partial charge in [0.1, 0.15) is 0 Å². The molecule has 0 aromatic heterocycles. The summed E-state index contributed by atoms with van der Waals surface area (Å²) in [5, 5.41) is 0. The summed E-state index contributed by atoms with van der Waals surface area (Å²) in [6, 6.07) is 0. The predicted octanol–water partition coefficient (Wildman–Crippen LogP) is 1.34. The fourth-order valence-electron chi connectivity index (χ4n) is 0.573. The molecular formula is C10H24O4.